The average Bonchev–Trinajstić information content (AvgIpc) is 2.18. The van der Waals surface area contributed by atoms with Gasteiger partial charge in [0.05, 0.1) is 0 Å². The van der Waals surface area contributed by atoms with Crippen molar-refractivity contribution in [2.45, 2.75) is 19.5 Å². The van der Waals surface area contributed by atoms with Crippen LogP contribution in [0.5, 0.6) is 0 Å². The fourth-order valence-electron chi connectivity index (χ4n) is 1.49. The third kappa shape index (κ3) is 2.17. The minimum absolute atomic E-state index is 0.552. The molecule has 0 aromatic heterocycles. The Kier molecular flexibility index (Phi) is 3.68. The lowest BCUT2D eigenvalue weighted by atomic mass is 9.99. The molecule has 0 amide bonds. The van der Waals surface area contributed by atoms with E-state index in [9.17, 15) is 0 Å². The van der Waals surface area contributed by atoms with E-state index < -0.39 is 0 Å². The number of benzene rings is 1. The molecule has 2 heteroatoms. The van der Waals surface area contributed by atoms with Crippen LogP contribution in [0.25, 0.3) is 0 Å². The van der Waals surface area contributed by atoms with Gasteiger partial charge in [0.25, 0.3) is 0 Å². The Bertz CT molecular complexity index is 292. The molecule has 0 saturated carbocycles. The first-order chi connectivity index (χ1) is 6.33. The fourth-order valence-corrected chi connectivity index (χ4v) is 1.49. The highest BCUT2D eigenvalue weighted by atomic mass is 14.6. The predicted molar refractivity (Wildman–Crippen MR) is 56.1 cm³/mol. The topological polar surface area (TPSA) is 52.0 Å². The zero-order chi connectivity index (χ0) is 9.68. The van der Waals surface area contributed by atoms with Gasteiger partial charge in [0.2, 0.25) is 0 Å². The molecule has 0 aliphatic carbocycles. The van der Waals surface area contributed by atoms with Crippen molar-refractivity contribution in [1.82, 2.24) is 0 Å². The minimum Gasteiger partial charge on any atom is -0.326 e. The van der Waals surface area contributed by atoms with E-state index in [4.69, 9.17) is 11.5 Å². The molecule has 0 spiro atoms. The highest BCUT2D eigenvalue weighted by Crippen LogP contribution is 2.14. The Labute approximate surface area is 79.2 Å². The lowest BCUT2D eigenvalue weighted by molar-refractivity contribution is 0.954. The summed E-state index contributed by atoms with van der Waals surface area (Å²) in [6.45, 7) is 4.82. The molecule has 0 atom stereocenters. The summed E-state index contributed by atoms with van der Waals surface area (Å²) in [7, 11) is 0. The summed E-state index contributed by atoms with van der Waals surface area (Å²) in [6.07, 6.45) is 2.75. The summed E-state index contributed by atoms with van der Waals surface area (Å²) in [5.41, 5.74) is 14.8. The molecule has 70 valence electrons. The molecule has 0 radical (unpaired) electrons. The van der Waals surface area contributed by atoms with Gasteiger partial charge in [-0.25, -0.2) is 0 Å². The SMILES string of the molecule is C=CCc1cccc(CN)c1CN. The van der Waals surface area contributed by atoms with Gasteiger partial charge in [-0.2, -0.15) is 0 Å². The maximum absolute atomic E-state index is 5.67. The molecule has 1 rings (SSSR count). The normalized spacial score (nSPS) is 10.0. The molecule has 2 nitrogen and oxygen atoms in total. The zero-order valence-corrected chi connectivity index (χ0v) is 7.79. The molecular formula is C11H16N2. The molecule has 1 aromatic carbocycles. The van der Waals surface area contributed by atoms with Crippen molar-refractivity contribution < 1.29 is 0 Å². The van der Waals surface area contributed by atoms with Crippen LogP contribution in [0, 0.1) is 0 Å². The molecular weight excluding hydrogens is 160 g/mol. The molecule has 0 bridgehead atoms. The van der Waals surface area contributed by atoms with Crippen molar-refractivity contribution in [1.29, 1.82) is 0 Å². The summed E-state index contributed by atoms with van der Waals surface area (Å²) in [6, 6.07) is 6.11. The molecule has 4 N–H and O–H groups in total. The largest absolute Gasteiger partial charge is 0.326 e. The first-order valence-electron chi connectivity index (χ1n) is 4.44. The highest BCUT2D eigenvalue weighted by molar-refractivity contribution is 5.36. The van der Waals surface area contributed by atoms with E-state index in [-0.39, 0.29) is 0 Å². The van der Waals surface area contributed by atoms with Crippen LogP contribution < -0.4 is 11.5 Å². The lowest BCUT2D eigenvalue weighted by Crippen LogP contribution is -2.08. The molecule has 1 aromatic rings. The van der Waals surface area contributed by atoms with Gasteiger partial charge in [0.15, 0.2) is 0 Å². The Hall–Kier alpha value is -1.12. The van der Waals surface area contributed by atoms with Crippen LogP contribution in [-0.4, -0.2) is 0 Å². The van der Waals surface area contributed by atoms with E-state index >= 15 is 0 Å². The van der Waals surface area contributed by atoms with Crippen molar-refractivity contribution in [3.05, 3.63) is 47.5 Å². The van der Waals surface area contributed by atoms with Crippen molar-refractivity contribution >= 4 is 0 Å². The van der Waals surface area contributed by atoms with E-state index in [1.807, 2.05) is 18.2 Å². The van der Waals surface area contributed by atoms with Gasteiger partial charge in [-0.15, -0.1) is 6.58 Å². The van der Waals surface area contributed by atoms with Crippen LogP contribution >= 0.6 is 0 Å². The van der Waals surface area contributed by atoms with Crippen LogP contribution in [0.2, 0.25) is 0 Å². The molecule has 0 aliphatic rings. The minimum atomic E-state index is 0.552. The molecule has 0 unspecified atom stereocenters. The van der Waals surface area contributed by atoms with Crippen LogP contribution in [-0.2, 0) is 19.5 Å². The first kappa shape index (κ1) is 9.96. The summed E-state index contributed by atoms with van der Waals surface area (Å²) in [4.78, 5) is 0. The van der Waals surface area contributed by atoms with Gasteiger partial charge < -0.3 is 11.5 Å². The monoisotopic (exact) mass is 176 g/mol. The van der Waals surface area contributed by atoms with Crippen molar-refractivity contribution in [3.8, 4) is 0 Å². The lowest BCUT2D eigenvalue weighted by Gasteiger charge is -2.10. The van der Waals surface area contributed by atoms with Gasteiger partial charge >= 0.3 is 0 Å². The predicted octanol–water partition coefficient (Wildman–Crippen LogP) is 1.33. The summed E-state index contributed by atoms with van der Waals surface area (Å²) < 4.78 is 0. The zero-order valence-electron chi connectivity index (χ0n) is 7.79. The van der Waals surface area contributed by atoms with E-state index in [2.05, 4.69) is 12.6 Å². The second kappa shape index (κ2) is 4.80. The number of hydrogen-bond donors (Lipinski definition) is 2. The third-order valence-corrected chi connectivity index (χ3v) is 2.16. The van der Waals surface area contributed by atoms with Gasteiger partial charge in [-0.05, 0) is 23.1 Å². The van der Waals surface area contributed by atoms with Crippen LogP contribution in [0.4, 0.5) is 0 Å². The van der Waals surface area contributed by atoms with E-state index in [1.54, 1.807) is 0 Å². The summed E-state index contributed by atoms with van der Waals surface area (Å²) in [5, 5.41) is 0. The Morgan fingerprint density at radius 2 is 1.85 bits per heavy atom. The summed E-state index contributed by atoms with van der Waals surface area (Å²) >= 11 is 0. The highest BCUT2D eigenvalue weighted by Gasteiger charge is 2.03. The molecule has 0 heterocycles. The first-order valence-corrected chi connectivity index (χ1v) is 4.44. The number of nitrogens with two attached hydrogens (primary N) is 2. The quantitative estimate of drug-likeness (QED) is 0.680. The van der Waals surface area contributed by atoms with Gasteiger partial charge in [-0.1, -0.05) is 24.3 Å². The number of rotatable bonds is 4. The van der Waals surface area contributed by atoms with E-state index in [0.717, 1.165) is 12.0 Å². The average molecular weight is 176 g/mol. The maximum atomic E-state index is 5.67. The standard InChI is InChI=1S/C11H16N2/c1-2-4-9-5-3-6-10(7-12)11(9)8-13/h2-3,5-6H,1,4,7-8,12-13H2. The Balaban J connectivity index is 3.10. The van der Waals surface area contributed by atoms with Crippen LogP contribution in [0.3, 0.4) is 0 Å². The maximum Gasteiger partial charge on any atom is 0.0184 e. The smallest absolute Gasteiger partial charge is 0.0184 e. The van der Waals surface area contributed by atoms with Crippen molar-refractivity contribution in [2.75, 3.05) is 0 Å². The van der Waals surface area contributed by atoms with Crippen molar-refractivity contribution in [2.24, 2.45) is 11.5 Å². The van der Waals surface area contributed by atoms with Crippen molar-refractivity contribution in [3.63, 3.8) is 0 Å². The van der Waals surface area contributed by atoms with Gasteiger partial charge in [0.1, 0.15) is 0 Å². The molecule has 0 aliphatic heterocycles. The molecule has 0 saturated heterocycles. The van der Waals surface area contributed by atoms with Crippen LogP contribution in [0.15, 0.2) is 30.9 Å². The van der Waals surface area contributed by atoms with E-state index in [1.165, 1.54) is 11.1 Å². The second-order valence-corrected chi connectivity index (χ2v) is 2.96. The summed E-state index contributed by atoms with van der Waals surface area (Å²) in [5.74, 6) is 0. The number of hydrogen-bond acceptors (Lipinski definition) is 2. The Morgan fingerprint density at radius 3 is 2.38 bits per heavy atom. The Morgan fingerprint density at radius 1 is 1.15 bits per heavy atom. The van der Waals surface area contributed by atoms with E-state index in [0.29, 0.717) is 13.1 Å². The second-order valence-electron chi connectivity index (χ2n) is 2.96. The van der Waals surface area contributed by atoms with Gasteiger partial charge in [0, 0.05) is 13.1 Å². The van der Waals surface area contributed by atoms with Crippen LogP contribution in [0.1, 0.15) is 16.7 Å². The molecule has 0 fully saturated rings. The molecule has 13 heavy (non-hydrogen) atoms. The third-order valence-electron chi connectivity index (χ3n) is 2.16. The fraction of sp³-hybridized carbons (Fsp3) is 0.273. The van der Waals surface area contributed by atoms with Gasteiger partial charge in [-0.3, -0.25) is 0 Å². The number of allylic oxidation sites excluding steroid dienone is 1.